The van der Waals surface area contributed by atoms with Gasteiger partial charge in [0.1, 0.15) is 17.4 Å². The summed E-state index contributed by atoms with van der Waals surface area (Å²) in [7, 11) is 0. The van der Waals surface area contributed by atoms with Crippen molar-refractivity contribution in [2.45, 2.75) is 38.8 Å². The third-order valence-corrected chi connectivity index (χ3v) is 2.12. The van der Waals surface area contributed by atoms with Crippen LogP contribution in [0.2, 0.25) is 0 Å². The number of halogens is 1. The molecule has 0 saturated carbocycles. The fourth-order valence-electron chi connectivity index (χ4n) is 1.39. The van der Waals surface area contributed by atoms with Gasteiger partial charge in [0.15, 0.2) is 0 Å². The van der Waals surface area contributed by atoms with E-state index in [-0.39, 0.29) is 18.0 Å². The van der Waals surface area contributed by atoms with Crippen LogP contribution in [-0.4, -0.2) is 22.7 Å². The second-order valence-corrected chi connectivity index (χ2v) is 5.01. The summed E-state index contributed by atoms with van der Waals surface area (Å²) in [5.74, 6) is -0.217. The van der Waals surface area contributed by atoms with Crippen LogP contribution in [-0.2, 0) is 11.2 Å². The first kappa shape index (κ1) is 16.7. The van der Waals surface area contributed by atoms with E-state index < -0.39 is 12.0 Å². The Labute approximate surface area is 114 Å². The summed E-state index contributed by atoms with van der Waals surface area (Å²) in [6, 6.07) is 6.47. The van der Waals surface area contributed by atoms with Crippen LogP contribution in [0.25, 0.3) is 0 Å². The lowest BCUT2D eigenvalue weighted by atomic mass is 10.1. The summed E-state index contributed by atoms with van der Waals surface area (Å²) in [6.07, 6.45) is 0.325. The van der Waals surface area contributed by atoms with Crippen molar-refractivity contribution in [2.24, 2.45) is 5.73 Å². The van der Waals surface area contributed by atoms with E-state index in [0.717, 1.165) is 11.3 Å². The minimum atomic E-state index is -0.986. The molecule has 3 N–H and O–H groups in total. The van der Waals surface area contributed by atoms with Crippen LogP contribution in [0, 0.1) is 0 Å². The maximum Gasteiger partial charge on any atom is 0.320 e. The lowest BCUT2D eigenvalue weighted by Gasteiger charge is -2.21. The van der Waals surface area contributed by atoms with Crippen LogP contribution in [0.15, 0.2) is 24.3 Å². The van der Waals surface area contributed by atoms with Gasteiger partial charge < -0.3 is 15.6 Å². The van der Waals surface area contributed by atoms with E-state index in [1.165, 1.54) is 0 Å². The molecule has 1 atom stereocenters. The summed E-state index contributed by atoms with van der Waals surface area (Å²) in [5, 5.41) is 8.70. The molecule has 0 aromatic heterocycles. The maximum absolute atomic E-state index is 10.6. The number of carboxylic acids is 1. The fourth-order valence-corrected chi connectivity index (χ4v) is 1.39. The van der Waals surface area contributed by atoms with Crippen molar-refractivity contribution in [2.75, 3.05) is 0 Å². The van der Waals surface area contributed by atoms with Gasteiger partial charge in [-0.3, -0.25) is 4.79 Å². The first-order valence-electron chi connectivity index (χ1n) is 5.54. The molecular weight excluding hydrogens is 254 g/mol. The van der Waals surface area contributed by atoms with Crippen molar-refractivity contribution < 1.29 is 14.6 Å². The molecule has 0 amide bonds. The minimum absolute atomic E-state index is 0. The van der Waals surface area contributed by atoms with E-state index in [2.05, 4.69) is 0 Å². The van der Waals surface area contributed by atoms with Crippen molar-refractivity contribution >= 4 is 18.4 Å². The van der Waals surface area contributed by atoms with Gasteiger partial charge in [-0.2, -0.15) is 0 Å². The Kier molecular flexibility index (Phi) is 6.15. The second kappa shape index (κ2) is 6.61. The Morgan fingerprint density at radius 3 is 2.22 bits per heavy atom. The second-order valence-electron chi connectivity index (χ2n) is 5.01. The van der Waals surface area contributed by atoms with Crippen molar-refractivity contribution in [3.05, 3.63) is 29.8 Å². The van der Waals surface area contributed by atoms with E-state index >= 15 is 0 Å². The molecule has 102 valence electrons. The highest BCUT2D eigenvalue weighted by molar-refractivity contribution is 5.85. The molecule has 0 bridgehead atoms. The zero-order valence-corrected chi connectivity index (χ0v) is 11.7. The molecule has 1 aromatic rings. The van der Waals surface area contributed by atoms with Crippen molar-refractivity contribution in [3.8, 4) is 5.75 Å². The van der Waals surface area contributed by atoms with Gasteiger partial charge in [-0.15, -0.1) is 12.4 Å². The molecule has 0 saturated heterocycles. The fraction of sp³-hybridized carbons (Fsp3) is 0.462. The monoisotopic (exact) mass is 273 g/mol. The molecule has 0 aliphatic heterocycles. The summed E-state index contributed by atoms with van der Waals surface area (Å²) < 4.78 is 5.66. The normalized spacial score (nSPS) is 12.4. The van der Waals surface area contributed by atoms with Crippen LogP contribution < -0.4 is 10.5 Å². The quantitative estimate of drug-likeness (QED) is 0.882. The van der Waals surface area contributed by atoms with E-state index in [9.17, 15) is 4.79 Å². The highest BCUT2D eigenvalue weighted by Gasteiger charge is 2.13. The smallest absolute Gasteiger partial charge is 0.320 e. The van der Waals surface area contributed by atoms with Gasteiger partial charge in [0.2, 0.25) is 0 Å². The largest absolute Gasteiger partial charge is 0.488 e. The number of aliphatic carboxylic acids is 1. The number of rotatable bonds is 4. The first-order chi connectivity index (χ1) is 7.78. The highest BCUT2D eigenvalue weighted by atomic mass is 35.5. The lowest BCUT2D eigenvalue weighted by molar-refractivity contribution is -0.138. The van der Waals surface area contributed by atoms with Crippen LogP contribution >= 0.6 is 12.4 Å². The Morgan fingerprint density at radius 1 is 1.33 bits per heavy atom. The Balaban J connectivity index is 0.00000289. The van der Waals surface area contributed by atoms with Crippen LogP contribution in [0.3, 0.4) is 0 Å². The average molecular weight is 274 g/mol. The van der Waals surface area contributed by atoms with Crippen LogP contribution in [0.5, 0.6) is 5.75 Å². The Morgan fingerprint density at radius 2 is 1.83 bits per heavy atom. The highest BCUT2D eigenvalue weighted by Crippen LogP contribution is 2.18. The molecule has 0 aliphatic rings. The number of hydrogen-bond donors (Lipinski definition) is 2. The number of ether oxygens (including phenoxy) is 1. The first-order valence-corrected chi connectivity index (χ1v) is 5.54. The predicted molar refractivity (Wildman–Crippen MR) is 73.4 cm³/mol. The molecule has 4 nitrogen and oxygen atoms in total. The van der Waals surface area contributed by atoms with E-state index in [0.29, 0.717) is 6.42 Å². The number of benzene rings is 1. The summed E-state index contributed by atoms with van der Waals surface area (Å²) in [4.78, 5) is 10.6. The topological polar surface area (TPSA) is 72.5 Å². The van der Waals surface area contributed by atoms with Gasteiger partial charge >= 0.3 is 5.97 Å². The molecule has 0 radical (unpaired) electrons. The number of nitrogens with two attached hydrogens (primary N) is 1. The van der Waals surface area contributed by atoms with Crippen LogP contribution in [0.4, 0.5) is 0 Å². The van der Waals surface area contributed by atoms with Crippen molar-refractivity contribution in [3.63, 3.8) is 0 Å². The summed E-state index contributed by atoms with van der Waals surface area (Å²) in [5.41, 5.74) is 6.11. The molecule has 0 aliphatic carbocycles. The standard InChI is InChI=1S/C13H19NO3.ClH/c1-13(2,3)17-10-6-4-9(5-7-10)8-11(14)12(15)16;/h4-7,11H,8,14H2,1-3H3,(H,15,16);1H. The Hall–Kier alpha value is -1.26. The number of carboxylic acid groups (broad SMARTS) is 1. The third-order valence-electron chi connectivity index (χ3n) is 2.12. The molecular formula is C13H20ClNO3. The SMILES string of the molecule is CC(C)(C)Oc1ccc(CC(N)C(=O)O)cc1.Cl. The summed E-state index contributed by atoms with van der Waals surface area (Å²) >= 11 is 0. The molecule has 1 rings (SSSR count). The molecule has 0 spiro atoms. The predicted octanol–water partition coefficient (Wildman–Crippen LogP) is 2.24. The molecule has 0 heterocycles. The van der Waals surface area contributed by atoms with E-state index in [1.807, 2.05) is 45.0 Å². The minimum Gasteiger partial charge on any atom is -0.488 e. The number of hydrogen-bond acceptors (Lipinski definition) is 3. The molecule has 0 fully saturated rings. The lowest BCUT2D eigenvalue weighted by Crippen LogP contribution is -2.32. The van der Waals surface area contributed by atoms with Crippen molar-refractivity contribution in [1.82, 2.24) is 0 Å². The zero-order valence-electron chi connectivity index (χ0n) is 10.8. The third kappa shape index (κ3) is 5.89. The Bertz CT molecular complexity index is 384. The average Bonchev–Trinajstić information content (AvgIpc) is 2.18. The van der Waals surface area contributed by atoms with E-state index in [1.54, 1.807) is 0 Å². The van der Waals surface area contributed by atoms with Gasteiger partial charge in [0.25, 0.3) is 0 Å². The molecule has 18 heavy (non-hydrogen) atoms. The van der Waals surface area contributed by atoms with Gasteiger partial charge in [0, 0.05) is 0 Å². The van der Waals surface area contributed by atoms with Crippen molar-refractivity contribution in [1.29, 1.82) is 0 Å². The molecule has 1 aromatic carbocycles. The van der Waals surface area contributed by atoms with E-state index in [4.69, 9.17) is 15.6 Å². The zero-order chi connectivity index (χ0) is 13.1. The van der Waals surface area contributed by atoms with Gasteiger partial charge in [-0.05, 0) is 44.9 Å². The molecule has 1 unspecified atom stereocenters. The van der Waals surface area contributed by atoms with Gasteiger partial charge in [-0.1, -0.05) is 12.1 Å². The van der Waals surface area contributed by atoms with Gasteiger partial charge in [-0.25, -0.2) is 0 Å². The number of carbonyl (C=O) groups is 1. The van der Waals surface area contributed by atoms with Crippen LogP contribution in [0.1, 0.15) is 26.3 Å². The maximum atomic E-state index is 10.6. The summed E-state index contributed by atoms with van der Waals surface area (Å²) in [6.45, 7) is 5.92. The van der Waals surface area contributed by atoms with Gasteiger partial charge in [0.05, 0.1) is 0 Å². The molecule has 5 heteroatoms.